The van der Waals surface area contributed by atoms with Gasteiger partial charge in [0.1, 0.15) is 5.82 Å². The molecule has 3 rings (SSSR count). The number of hydrogen-bond donors (Lipinski definition) is 2. The summed E-state index contributed by atoms with van der Waals surface area (Å²) in [6.07, 6.45) is 2.16. The number of aliphatic imine (C=N–C) groups is 1. The third-order valence-electron chi connectivity index (χ3n) is 5.90. The van der Waals surface area contributed by atoms with Crippen molar-refractivity contribution in [2.24, 2.45) is 4.99 Å². The highest BCUT2D eigenvalue weighted by Crippen LogP contribution is 2.48. The summed E-state index contributed by atoms with van der Waals surface area (Å²) in [4.78, 5) is 9.74. The predicted octanol–water partition coefficient (Wildman–Crippen LogP) is 2.67. The van der Waals surface area contributed by atoms with E-state index in [-0.39, 0.29) is 35.2 Å². The molecule has 0 bridgehead atoms. The van der Waals surface area contributed by atoms with Gasteiger partial charge in [0.2, 0.25) is 0 Å². The van der Waals surface area contributed by atoms with Crippen molar-refractivity contribution < 1.29 is 4.39 Å². The van der Waals surface area contributed by atoms with Gasteiger partial charge in [-0.1, -0.05) is 12.1 Å². The number of likely N-dealkylation sites (N-methyl/N-ethyl adjacent to an activating group) is 1. The van der Waals surface area contributed by atoms with E-state index in [0.717, 1.165) is 63.6 Å². The molecule has 7 heteroatoms. The molecule has 0 radical (unpaired) electrons. The second-order valence-corrected chi connectivity index (χ2v) is 8.06. The highest BCUT2D eigenvalue weighted by atomic mass is 127. The summed E-state index contributed by atoms with van der Waals surface area (Å²) < 4.78 is 13.6. The Hall–Kier alpha value is -0.930. The zero-order valence-corrected chi connectivity index (χ0v) is 19.7. The van der Waals surface area contributed by atoms with Crippen LogP contribution in [0.5, 0.6) is 0 Å². The lowest BCUT2D eigenvalue weighted by molar-refractivity contribution is 0.120. The maximum absolute atomic E-state index is 13.6. The van der Waals surface area contributed by atoms with Crippen molar-refractivity contribution in [3.05, 3.63) is 35.6 Å². The Labute approximate surface area is 186 Å². The fourth-order valence-corrected chi connectivity index (χ4v) is 3.72. The zero-order valence-electron chi connectivity index (χ0n) is 17.4. The van der Waals surface area contributed by atoms with Crippen molar-refractivity contribution >= 4 is 29.9 Å². The maximum atomic E-state index is 13.6. The zero-order chi connectivity index (χ0) is 19.3. The molecule has 1 saturated carbocycles. The predicted molar refractivity (Wildman–Crippen MR) is 125 cm³/mol. The van der Waals surface area contributed by atoms with E-state index in [1.54, 1.807) is 12.1 Å². The lowest BCUT2D eigenvalue weighted by Crippen LogP contribution is -2.52. The molecule has 1 aromatic carbocycles. The van der Waals surface area contributed by atoms with E-state index in [1.165, 1.54) is 6.07 Å². The number of benzene rings is 1. The van der Waals surface area contributed by atoms with Gasteiger partial charge in [0.05, 0.1) is 6.54 Å². The second-order valence-electron chi connectivity index (χ2n) is 8.06. The Morgan fingerprint density at radius 2 is 1.93 bits per heavy atom. The lowest BCUT2D eigenvalue weighted by Gasteiger charge is -2.36. The van der Waals surface area contributed by atoms with E-state index in [4.69, 9.17) is 4.99 Å². The van der Waals surface area contributed by atoms with Gasteiger partial charge in [0.15, 0.2) is 5.96 Å². The number of hydrogen-bond acceptors (Lipinski definition) is 3. The molecule has 0 amide bonds. The molecule has 1 heterocycles. The number of guanidine groups is 1. The molecule has 1 saturated heterocycles. The number of rotatable bonds is 7. The Morgan fingerprint density at radius 1 is 1.21 bits per heavy atom. The normalized spacial score (nSPS) is 20.9. The van der Waals surface area contributed by atoms with Gasteiger partial charge < -0.3 is 15.5 Å². The van der Waals surface area contributed by atoms with Gasteiger partial charge in [-0.15, -0.1) is 24.0 Å². The first-order valence-electron chi connectivity index (χ1n) is 10.2. The van der Waals surface area contributed by atoms with Crippen molar-refractivity contribution in [2.75, 3.05) is 52.9 Å². The maximum Gasteiger partial charge on any atom is 0.191 e. The van der Waals surface area contributed by atoms with Crippen molar-refractivity contribution in [1.82, 2.24) is 20.4 Å². The highest BCUT2D eigenvalue weighted by molar-refractivity contribution is 14.0. The van der Waals surface area contributed by atoms with Crippen molar-refractivity contribution in [3.8, 4) is 0 Å². The fourth-order valence-electron chi connectivity index (χ4n) is 3.72. The Balaban J connectivity index is 0.00000280. The molecule has 1 atom stereocenters. The van der Waals surface area contributed by atoms with E-state index in [9.17, 15) is 4.39 Å². The average Bonchev–Trinajstić information content (AvgIpc) is 3.45. The molecule has 1 aliphatic heterocycles. The first kappa shape index (κ1) is 23.3. The molecule has 1 aliphatic carbocycles. The molecule has 0 aromatic heterocycles. The molecular weight excluding hydrogens is 468 g/mol. The van der Waals surface area contributed by atoms with Gasteiger partial charge in [-0.2, -0.15) is 0 Å². The molecule has 2 aliphatic rings. The van der Waals surface area contributed by atoms with Crippen LogP contribution in [0.25, 0.3) is 0 Å². The Kier molecular flexibility index (Phi) is 8.95. The van der Waals surface area contributed by atoms with Crippen LogP contribution in [-0.2, 0) is 5.41 Å². The molecular formula is C21H35FIN5. The third kappa shape index (κ3) is 6.29. The van der Waals surface area contributed by atoms with Gasteiger partial charge in [-0.05, 0) is 51.4 Å². The van der Waals surface area contributed by atoms with Crippen LogP contribution in [0.4, 0.5) is 4.39 Å². The van der Waals surface area contributed by atoms with Crippen LogP contribution < -0.4 is 10.6 Å². The van der Waals surface area contributed by atoms with Gasteiger partial charge in [-0.3, -0.25) is 9.89 Å². The molecule has 28 heavy (non-hydrogen) atoms. The number of nitrogens with one attached hydrogen (secondary N) is 2. The van der Waals surface area contributed by atoms with Crippen LogP contribution in [0.2, 0.25) is 0 Å². The average molecular weight is 503 g/mol. The molecule has 5 nitrogen and oxygen atoms in total. The second kappa shape index (κ2) is 10.7. The first-order valence-corrected chi connectivity index (χ1v) is 10.2. The van der Waals surface area contributed by atoms with Crippen molar-refractivity contribution in [1.29, 1.82) is 0 Å². The van der Waals surface area contributed by atoms with Gasteiger partial charge in [-0.25, -0.2) is 4.39 Å². The van der Waals surface area contributed by atoms with Gasteiger partial charge in [0, 0.05) is 50.7 Å². The van der Waals surface area contributed by atoms with Crippen LogP contribution in [0.1, 0.15) is 32.3 Å². The van der Waals surface area contributed by atoms with Crippen LogP contribution in [0.3, 0.4) is 0 Å². The summed E-state index contributed by atoms with van der Waals surface area (Å²) >= 11 is 0. The number of nitrogens with zero attached hydrogens (tertiary/aromatic N) is 3. The molecule has 2 fully saturated rings. The summed E-state index contributed by atoms with van der Waals surface area (Å²) in [7, 11) is 2.18. The largest absolute Gasteiger partial charge is 0.357 e. The van der Waals surface area contributed by atoms with Crippen LogP contribution in [-0.4, -0.2) is 74.7 Å². The summed E-state index contributed by atoms with van der Waals surface area (Å²) in [6, 6.07) is 7.48. The van der Waals surface area contributed by atoms with Crippen LogP contribution >= 0.6 is 24.0 Å². The SMILES string of the molecule is CCNC(=NCC1(c2cccc(F)c2)CC1)NCC(C)N1CCN(C)CC1.I. The summed E-state index contributed by atoms with van der Waals surface area (Å²) in [5, 5.41) is 6.85. The van der Waals surface area contributed by atoms with E-state index in [0.29, 0.717) is 12.6 Å². The lowest BCUT2D eigenvalue weighted by atomic mass is 9.96. The monoisotopic (exact) mass is 503 g/mol. The quantitative estimate of drug-likeness (QED) is 0.341. The summed E-state index contributed by atoms with van der Waals surface area (Å²) in [6.45, 7) is 11.3. The standard InChI is InChI=1S/C21H34FN5.HI/c1-4-23-20(24-15-17(2)27-12-10-26(3)11-13-27)25-16-21(8-9-21)18-6-5-7-19(22)14-18;/h5-7,14,17H,4,8-13,15-16H2,1-3H3,(H2,23,24,25);1H. The van der Waals surface area contributed by atoms with Crippen LogP contribution in [0, 0.1) is 5.82 Å². The van der Waals surface area contributed by atoms with Crippen molar-refractivity contribution in [2.45, 2.75) is 38.1 Å². The summed E-state index contributed by atoms with van der Waals surface area (Å²) in [5.74, 6) is 0.704. The minimum absolute atomic E-state index is 0. The van der Waals surface area contributed by atoms with Gasteiger partial charge in [0.25, 0.3) is 0 Å². The van der Waals surface area contributed by atoms with E-state index in [1.807, 2.05) is 6.07 Å². The highest BCUT2D eigenvalue weighted by Gasteiger charge is 2.44. The smallest absolute Gasteiger partial charge is 0.191 e. The molecule has 0 spiro atoms. The minimum Gasteiger partial charge on any atom is -0.357 e. The number of halogens is 2. The Bertz CT molecular complexity index is 641. The molecule has 158 valence electrons. The van der Waals surface area contributed by atoms with E-state index < -0.39 is 0 Å². The molecule has 1 aromatic rings. The topological polar surface area (TPSA) is 42.9 Å². The van der Waals surface area contributed by atoms with Crippen molar-refractivity contribution in [3.63, 3.8) is 0 Å². The third-order valence-corrected chi connectivity index (χ3v) is 5.90. The van der Waals surface area contributed by atoms with Crippen LogP contribution in [0.15, 0.2) is 29.3 Å². The Morgan fingerprint density at radius 3 is 2.54 bits per heavy atom. The minimum atomic E-state index is -0.159. The van der Waals surface area contributed by atoms with E-state index >= 15 is 0 Å². The van der Waals surface area contributed by atoms with E-state index in [2.05, 4.69) is 41.3 Å². The molecule has 1 unspecified atom stereocenters. The summed E-state index contributed by atoms with van der Waals surface area (Å²) in [5.41, 5.74) is 1.10. The van der Waals surface area contributed by atoms with Gasteiger partial charge >= 0.3 is 0 Å². The first-order chi connectivity index (χ1) is 13.0. The molecule has 2 N–H and O–H groups in total. The fraction of sp³-hybridized carbons (Fsp3) is 0.667. The number of piperazine rings is 1.